The molecule has 0 spiro atoms. The Balaban J connectivity index is 2.89. The molecular formula is C8H5Br2NS. The summed E-state index contributed by atoms with van der Waals surface area (Å²) in [6.45, 7) is 0. The molecule has 1 aromatic carbocycles. The lowest BCUT2D eigenvalue weighted by atomic mass is 10.2. The zero-order valence-electron chi connectivity index (χ0n) is 5.97. The lowest BCUT2D eigenvalue weighted by Gasteiger charge is -1.97. The highest BCUT2D eigenvalue weighted by molar-refractivity contribution is 9.11. The smallest absolute Gasteiger partial charge is 0.0711 e. The van der Waals surface area contributed by atoms with Crippen LogP contribution in [0, 0.1) is 0 Å². The number of anilines is 1. The summed E-state index contributed by atoms with van der Waals surface area (Å²) in [6, 6.07) is 6.09. The van der Waals surface area contributed by atoms with Gasteiger partial charge in [0.05, 0.1) is 14.2 Å². The number of nitrogen functional groups attached to an aromatic ring is 1. The van der Waals surface area contributed by atoms with Gasteiger partial charge in [0.1, 0.15) is 0 Å². The van der Waals surface area contributed by atoms with E-state index in [0.29, 0.717) is 0 Å². The van der Waals surface area contributed by atoms with Crippen molar-refractivity contribution in [3.8, 4) is 0 Å². The highest BCUT2D eigenvalue weighted by atomic mass is 79.9. The Morgan fingerprint density at radius 3 is 2.75 bits per heavy atom. The molecule has 0 bridgehead atoms. The molecule has 1 nitrogen and oxygen atoms in total. The Labute approximate surface area is 90.8 Å². The van der Waals surface area contributed by atoms with E-state index < -0.39 is 0 Å². The van der Waals surface area contributed by atoms with Crippen molar-refractivity contribution in [1.82, 2.24) is 0 Å². The highest BCUT2D eigenvalue weighted by Gasteiger charge is 2.04. The quantitative estimate of drug-likeness (QED) is 0.731. The van der Waals surface area contributed by atoms with Gasteiger partial charge in [-0.1, -0.05) is 6.07 Å². The van der Waals surface area contributed by atoms with Crippen LogP contribution in [-0.2, 0) is 0 Å². The van der Waals surface area contributed by atoms with Gasteiger partial charge in [-0.2, -0.15) is 0 Å². The number of halogens is 2. The third-order valence-corrected chi connectivity index (χ3v) is 4.02. The van der Waals surface area contributed by atoms with Crippen LogP contribution in [0.25, 0.3) is 10.1 Å². The summed E-state index contributed by atoms with van der Waals surface area (Å²) in [7, 11) is 0. The van der Waals surface area contributed by atoms with Crippen molar-refractivity contribution in [1.29, 1.82) is 0 Å². The zero-order valence-corrected chi connectivity index (χ0v) is 9.96. The van der Waals surface area contributed by atoms with Crippen LogP contribution >= 0.6 is 43.2 Å². The van der Waals surface area contributed by atoms with E-state index in [2.05, 4.69) is 44.0 Å². The lowest BCUT2D eigenvalue weighted by molar-refractivity contribution is 1.73. The molecule has 0 atom stereocenters. The molecule has 2 N–H and O–H groups in total. The van der Waals surface area contributed by atoms with E-state index in [9.17, 15) is 0 Å². The summed E-state index contributed by atoms with van der Waals surface area (Å²) in [4.78, 5) is 0. The molecular weight excluding hydrogens is 302 g/mol. The Morgan fingerprint density at radius 2 is 2.00 bits per heavy atom. The topological polar surface area (TPSA) is 26.0 Å². The van der Waals surface area contributed by atoms with E-state index in [-0.39, 0.29) is 0 Å². The predicted molar refractivity (Wildman–Crippen MR) is 61.6 cm³/mol. The van der Waals surface area contributed by atoms with Gasteiger partial charge in [-0.25, -0.2) is 0 Å². The summed E-state index contributed by atoms with van der Waals surface area (Å²) in [5.74, 6) is 0. The summed E-state index contributed by atoms with van der Waals surface area (Å²) in [5, 5.41) is 1.19. The molecule has 0 aliphatic carbocycles. The number of nitrogens with two attached hydrogens (primary N) is 1. The average molecular weight is 307 g/mol. The van der Waals surface area contributed by atoms with Crippen molar-refractivity contribution in [2.75, 3.05) is 5.73 Å². The predicted octanol–water partition coefficient (Wildman–Crippen LogP) is 4.01. The van der Waals surface area contributed by atoms with E-state index in [0.717, 1.165) is 18.6 Å². The second kappa shape index (κ2) is 3.01. The minimum absolute atomic E-state index is 0.822. The summed E-state index contributed by atoms with van der Waals surface area (Å²) < 4.78 is 3.21. The molecule has 0 saturated heterocycles. The largest absolute Gasteiger partial charge is 0.397 e. The summed E-state index contributed by atoms with van der Waals surface area (Å²) in [6.07, 6.45) is 0. The third kappa shape index (κ3) is 1.28. The van der Waals surface area contributed by atoms with Crippen molar-refractivity contribution < 1.29 is 0 Å². The van der Waals surface area contributed by atoms with E-state index in [1.54, 1.807) is 11.3 Å². The molecule has 2 aromatic rings. The lowest BCUT2D eigenvalue weighted by Crippen LogP contribution is -1.84. The number of hydrogen-bond donors (Lipinski definition) is 1. The third-order valence-electron chi connectivity index (χ3n) is 1.64. The van der Waals surface area contributed by atoms with Crippen molar-refractivity contribution in [3.63, 3.8) is 0 Å². The molecule has 0 saturated carbocycles. The monoisotopic (exact) mass is 305 g/mol. The molecule has 0 aliphatic rings. The van der Waals surface area contributed by atoms with Gasteiger partial charge < -0.3 is 5.73 Å². The maximum Gasteiger partial charge on any atom is 0.0711 e. The fraction of sp³-hybridized carbons (Fsp3) is 0. The SMILES string of the molecule is Nc1c(Br)ccc2cc(Br)sc12. The van der Waals surface area contributed by atoms with Crippen molar-refractivity contribution >= 4 is 59.0 Å². The Morgan fingerprint density at radius 1 is 1.25 bits per heavy atom. The molecule has 0 aliphatic heterocycles. The molecule has 0 radical (unpaired) electrons. The van der Waals surface area contributed by atoms with Gasteiger partial charge in [-0.3, -0.25) is 0 Å². The molecule has 0 amide bonds. The Kier molecular flexibility index (Phi) is 2.14. The maximum atomic E-state index is 5.87. The maximum absolute atomic E-state index is 5.87. The number of fused-ring (bicyclic) bond motifs is 1. The van der Waals surface area contributed by atoms with Crippen LogP contribution in [-0.4, -0.2) is 0 Å². The molecule has 12 heavy (non-hydrogen) atoms. The van der Waals surface area contributed by atoms with Gasteiger partial charge in [0.2, 0.25) is 0 Å². The van der Waals surface area contributed by atoms with Gasteiger partial charge in [-0.05, 0) is 49.4 Å². The fourth-order valence-corrected chi connectivity index (χ4v) is 3.11. The standard InChI is InChI=1S/C8H5Br2NS/c9-5-2-1-4-3-6(10)12-8(4)7(5)11/h1-3H,11H2. The fourth-order valence-electron chi connectivity index (χ4n) is 1.07. The van der Waals surface area contributed by atoms with Gasteiger partial charge in [0, 0.05) is 4.47 Å². The summed E-state index contributed by atoms with van der Waals surface area (Å²) in [5.41, 5.74) is 6.70. The minimum Gasteiger partial charge on any atom is -0.397 e. The second-order valence-electron chi connectivity index (χ2n) is 2.43. The number of benzene rings is 1. The molecule has 2 rings (SSSR count). The highest BCUT2D eigenvalue weighted by Crippen LogP contribution is 2.37. The molecule has 1 aromatic heterocycles. The number of rotatable bonds is 0. The molecule has 1 heterocycles. The molecule has 0 unspecified atom stereocenters. The van der Waals surface area contributed by atoms with Crippen LogP contribution in [0.3, 0.4) is 0 Å². The Bertz CT molecular complexity index is 436. The van der Waals surface area contributed by atoms with Gasteiger partial charge >= 0.3 is 0 Å². The van der Waals surface area contributed by atoms with Crippen LogP contribution in [0.15, 0.2) is 26.5 Å². The van der Waals surface area contributed by atoms with Gasteiger partial charge in [0.15, 0.2) is 0 Å². The van der Waals surface area contributed by atoms with Crippen molar-refractivity contribution in [3.05, 3.63) is 26.5 Å². The van der Waals surface area contributed by atoms with Crippen LogP contribution in [0.4, 0.5) is 5.69 Å². The Hall–Kier alpha value is -0.0600. The van der Waals surface area contributed by atoms with Gasteiger partial charge in [0.25, 0.3) is 0 Å². The first-order valence-corrected chi connectivity index (χ1v) is 5.72. The first-order chi connectivity index (χ1) is 5.68. The molecule has 62 valence electrons. The molecule has 4 heteroatoms. The molecule has 0 fully saturated rings. The second-order valence-corrected chi connectivity index (χ2v) is 5.72. The normalized spacial score (nSPS) is 10.8. The summed E-state index contributed by atoms with van der Waals surface area (Å²) >= 11 is 8.48. The number of thiophene rings is 1. The van der Waals surface area contributed by atoms with Crippen LogP contribution in [0.1, 0.15) is 0 Å². The first kappa shape index (κ1) is 8.53. The average Bonchev–Trinajstić information content (AvgIpc) is 2.39. The van der Waals surface area contributed by atoms with Crippen LogP contribution < -0.4 is 5.73 Å². The van der Waals surface area contributed by atoms with E-state index in [4.69, 9.17) is 5.73 Å². The van der Waals surface area contributed by atoms with Crippen molar-refractivity contribution in [2.24, 2.45) is 0 Å². The van der Waals surface area contributed by atoms with Crippen LogP contribution in [0.2, 0.25) is 0 Å². The first-order valence-electron chi connectivity index (χ1n) is 3.31. The van der Waals surface area contributed by atoms with Crippen molar-refractivity contribution in [2.45, 2.75) is 0 Å². The van der Waals surface area contributed by atoms with Crippen LogP contribution in [0.5, 0.6) is 0 Å². The van der Waals surface area contributed by atoms with E-state index in [1.807, 2.05) is 6.07 Å². The zero-order chi connectivity index (χ0) is 8.72. The van der Waals surface area contributed by atoms with E-state index in [1.165, 1.54) is 5.39 Å². The van der Waals surface area contributed by atoms with E-state index >= 15 is 0 Å². The minimum atomic E-state index is 0.822. The van der Waals surface area contributed by atoms with Gasteiger partial charge in [-0.15, -0.1) is 11.3 Å². The number of hydrogen-bond acceptors (Lipinski definition) is 2.